The Bertz CT molecular complexity index is 117. The maximum absolute atomic E-state index is 9.31. The predicted octanol–water partition coefficient (Wildman–Crippen LogP) is -1.25. The van der Waals surface area contributed by atoms with Gasteiger partial charge in [-0.05, 0) is 6.42 Å². The molecule has 0 spiro atoms. The number of aliphatic hydroxyl groups is 3. The highest BCUT2D eigenvalue weighted by Crippen LogP contribution is 2.14. The molecular formula is C8H18O5. The van der Waals surface area contributed by atoms with Gasteiger partial charge in [-0.15, -0.1) is 0 Å². The van der Waals surface area contributed by atoms with E-state index in [9.17, 15) is 10.2 Å². The van der Waals surface area contributed by atoms with Crippen molar-refractivity contribution in [2.24, 2.45) is 0 Å². The molecule has 0 radical (unpaired) electrons. The lowest BCUT2D eigenvalue weighted by atomic mass is 10.0. The predicted molar refractivity (Wildman–Crippen MR) is 46.4 cm³/mol. The van der Waals surface area contributed by atoms with E-state index in [2.05, 4.69) is 0 Å². The molecule has 0 amide bonds. The summed E-state index contributed by atoms with van der Waals surface area (Å²) in [6.45, 7) is 0.824. The van der Waals surface area contributed by atoms with Crippen LogP contribution in [0.3, 0.4) is 0 Å². The van der Waals surface area contributed by atoms with E-state index < -0.39 is 12.2 Å². The first-order valence-electron chi connectivity index (χ1n) is 4.17. The van der Waals surface area contributed by atoms with Gasteiger partial charge < -0.3 is 24.8 Å². The molecule has 80 valence electrons. The van der Waals surface area contributed by atoms with E-state index in [-0.39, 0.29) is 6.10 Å². The van der Waals surface area contributed by atoms with Crippen molar-refractivity contribution < 1.29 is 24.8 Å². The number of aliphatic hydroxyl groups excluding tert-OH is 3. The average Bonchev–Trinajstić information content (AvgIpc) is 2.17. The molecule has 3 unspecified atom stereocenters. The number of ether oxygens (including phenoxy) is 2. The summed E-state index contributed by atoms with van der Waals surface area (Å²) >= 11 is 0. The monoisotopic (exact) mass is 194 g/mol. The van der Waals surface area contributed by atoms with Gasteiger partial charge in [0.1, 0.15) is 12.2 Å². The van der Waals surface area contributed by atoms with Crippen LogP contribution in [0.5, 0.6) is 0 Å². The fourth-order valence-electron chi connectivity index (χ4n) is 1.17. The van der Waals surface area contributed by atoms with Gasteiger partial charge in [-0.25, -0.2) is 0 Å². The van der Waals surface area contributed by atoms with Crippen LogP contribution in [0.25, 0.3) is 0 Å². The summed E-state index contributed by atoms with van der Waals surface area (Å²) in [5.41, 5.74) is 0. The maximum Gasteiger partial charge on any atom is 0.109 e. The van der Waals surface area contributed by atoms with E-state index in [1.165, 1.54) is 7.11 Å². The summed E-state index contributed by atoms with van der Waals surface area (Å²) in [6, 6.07) is 0. The zero-order chi connectivity index (χ0) is 10.3. The van der Waals surface area contributed by atoms with Gasteiger partial charge in [0.15, 0.2) is 0 Å². The molecule has 1 aliphatic rings. The zero-order valence-corrected chi connectivity index (χ0v) is 8.01. The summed E-state index contributed by atoms with van der Waals surface area (Å²) in [7, 11) is 2.54. The van der Waals surface area contributed by atoms with E-state index in [1.54, 1.807) is 0 Å². The van der Waals surface area contributed by atoms with Crippen LogP contribution >= 0.6 is 0 Å². The van der Waals surface area contributed by atoms with Gasteiger partial charge in [-0.1, -0.05) is 0 Å². The average molecular weight is 194 g/mol. The SMILES string of the molecule is CO.COCC1OCCC(O)C1O. The van der Waals surface area contributed by atoms with E-state index in [0.29, 0.717) is 19.6 Å². The minimum Gasteiger partial charge on any atom is -0.400 e. The second kappa shape index (κ2) is 7.23. The van der Waals surface area contributed by atoms with Gasteiger partial charge >= 0.3 is 0 Å². The Morgan fingerprint density at radius 1 is 1.38 bits per heavy atom. The highest BCUT2D eigenvalue weighted by atomic mass is 16.5. The molecule has 0 saturated carbocycles. The highest BCUT2D eigenvalue weighted by Gasteiger charge is 2.30. The molecule has 5 nitrogen and oxygen atoms in total. The van der Waals surface area contributed by atoms with Crippen LogP contribution in [-0.2, 0) is 9.47 Å². The Morgan fingerprint density at radius 3 is 2.54 bits per heavy atom. The third kappa shape index (κ3) is 4.02. The third-order valence-corrected chi connectivity index (χ3v) is 1.85. The smallest absolute Gasteiger partial charge is 0.109 e. The van der Waals surface area contributed by atoms with Gasteiger partial charge in [-0.3, -0.25) is 0 Å². The standard InChI is InChI=1S/C7H14O4.CH4O/c1-10-4-6-7(9)5(8)2-3-11-6;1-2/h5-9H,2-4H2,1H3;2H,1H3. The van der Waals surface area contributed by atoms with Gasteiger partial charge in [-0.2, -0.15) is 0 Å². The summed E-state index contributed by atoms with van der Waals surface area (Å²) in [5.74, 6) is 0. The number of methoxy groups -OCH3 is 1. The molecule has 0 bridgehead atoms. The van der Waals surface area contributed by atoms with Crippen molar-refractivity contribution in [1.29, 1.82) is 0 Å². The molecule has 0 aromatic rings. The van der Waals surface area contributed by atoms with Gasteiger partial charge in [0.2, 0.25) is 0 Å². The molecule has 1 aliphatic heterocycles. The molecule has 0 aromatic carbocycles. The normalized spacial score (nSPS) is 33.5. The summed E-state index contributed by atoms with van der Waals surface area (Å²) < 4.78 is 9.97. The molecule has 13 heavy (non-hydrogen) atoms. The van der Waals surface area contributed by atoms with Gasteiger partial charge in [0, 0.05) is 20.8 Å². The van der Waals surface area contributed by atoms with Crippen LogP contribution in [0.2, 0.25) is 0 Å². The molecule has 3 atom stereocenters. The number of hydrogen-bond donors (Lipinski definition) is 3. The second-order valence-corrected chi connectivity index (χ2v) is 2.71. The van der Waals surface area contributed by atoms with Crippen molar-refractivity contribution in [2.75, 3.05) is 27.4 Å². The Balaban J connectivity index is 0.000000671. The van der Waals surface area contributed by atoms with Crippen LogP contribution < -0.4 is 0 Å². The van der Waals surface area contributed by atoms with Crippen molar-refractivity contribution in [3.8, 4) is 0 Å². The molecule has 3 N–H and O–H groups in total. The second-order valence-electron chi connectivity index (χ2n) is 2.71. The number of rotatable bonds is 2. The minimum absolute atomic E-state index is 0.332. The van der Waals surface area contributed by atoms with Gasteiger partial charge in [0.25, 0.3) is 0 Å². The van der Waals surface area contributed by atoms with Crippen molar-refractivity contribution in [3.63, 3.8) is 0 Å². The zero-order valence-electron chi connectivity index (χ0n) is 8.01. The van der Waals surface area contributed by atoms with Crippen LogP contribution in [0.4, 0.5) is 0 Å². The molecular weight excluding hydrogens is 176 g/mol. The van der Waals surface area contributed by atoms with Crippen LogP contribution in [-0.4, -0.2) is 61.1 Å². The molecule has 5 heteroatoms. The summed E-state index contributed by atoms with van der Waals surface area (Å²) in [4.78, 5) is 0. The quantitative estimate of drug-likeness (QED) is 0.512. The summed E-state index contributed by atoms with van der Waals surface area (Å²) in [5, 5.41) is 25.5. The molecule has 1 fully saturated rings. The largest absolute Gasteiger partial charge is 0.400 e. The van der Waals surface area contributed by atoms with Crippen LogP contribution in [0.1, 0.15) is 6.42 Å². The Hall–Kier alpha value is -0.200. The van der Waals surface area contributed by atoms with E-state index in [4.69, 9.17) is 14.6 Å². The Labute approximate surface area is 77.9 Å². The lowest BCUT2D eigenvalue weighted by molar-refractivity contribution is -0.151. The molecule has 0 aromatic heterocycles. The van der Waals surface area contributed by atoms with Crippen molar-refractivity contribution in [1.82, 2.24) is 0 Å². The van der Waals surface area contributed by atoms with Crippen molar-refractivity contribution in [2.45, 2.75) is 24.7 Å². The van der Waals surface area contributed by atoms with E-state index in [1.807, 2.05) is 0 Å². The van der Waals surface area contributed by atoms with Gasteiger partial charge in [0.05, 0.1) is 12.7 Å². The van der Waals surface area contributed by atoms with Crippen molar-refractivity contribution >= 4 is 0 Å². The Kier molecular flexibility index (Phi) is 7.12. The fourth-order valence-corrected chi connectivity index (χ4v) is 1.17. The minimum atomic E-state index is -0.802. The molecule has 0 aliphatic carbocycles. The molecule has 1 saturated heterocycles. The molecule has 1 rings (SSSR count). The first kappa shape index (κ1) is 12.8. The summed E-state index contributed by atoms with van der Waals surface area (Å²) in [6.07, 6.45) is -1.34. The lowest BCUT2D eigenvalue weighted by Gasteiger charge is -2.31. The first-order chi connectivity index (χ1) is 6.25. The number of hydrogen-bond acceptors (Lipinski definition) is 5. The first-order valence-corrected chi connectivity index (χ1v) is 4.17. The topological polar surface area (TPSA) is 79.2 Å². The highest BCUT2D eigenvalue weighted by molar-refractivity contribution is 4.80. The van der Waals surface area contributed by atoms with E-state index in [0.717, 1.165) is 7.11 Å². The van der Waals surface area contributed by atoms with Crippen molar-refractivity contribution in [3.05, 3.63) is 0 Å². The maximum atomic E-state index is 9.31. The lowest BCUT2D eigenvalue weighted by Crippen LogP contribution is -2.46. The Morgan fingerprint density at radius 2 is 2.00 bits per heavy atom. The van der Waals surface area contributed by atoms with Crippen LogP contribution in [0.15, 0.2) is 0 Å². The molecule has 1 heterocycles. The van der Waals surface area contributed by atoms with Crippen LogP contribution in [0, 0.1) is 0 Å². The third-order valence-electron chi connectivity index (χ3n) is 1.85. The fraction of sp³-hybridized carbons (Fsp3) is 1.00. The van der Waals surface area contributed by atoms with E-state index >= 15 is 0 Å².